The molecule has 0 unspecified atom stereocenters. The Morgan fingerprint density at radius 3 is 2.29 bits per heavy atom. The number of hydrogen-bond acceptors (Lipinski definition) is 12. The number of carbonyl (C=O) groups excluding carboxylic acids is 4. The minimum absolute atomic E-state index is 0.0468. The minimum Gasteiger partial charge on any atom is -0.494 e. The van der Waals surface area contributed by atoms with Crippen LogP contribution in [0.25, 0.3) is 21.7 Å². The van der Waals surface area contributed by atoms with Crippen LogP contribution >= 0.6 is 23.6 Å². The van der Waals surface area contributed by atoms with Gasteiger partial charge in [0.25, 0.3) is 5.91 Å². The fourth-order valence-corrected chi connectivity index (χ4v) is 9.93. The van der Waals surface area contributed by atoms with E-state index in [4.69, 9.17) is 21.7 Å². The molecule has 3 atom stereocenters. The number of nitrogens with zero attached hydrogens (tertiary/aromatic N) is 6. The minimum atomic E-state index is -5.20. The van der Waals surface area contributed by atoms with E-state index in [-0.39, 0.29) is 37.8 Å². The van der Waals surface area contributed by atoms with Gasteiger partial charge in [0.15, 0.2) is 10.9 Å². The number of ether oxygens (including phenoxy) is 2. The predicted octanol–water partition coefficient (Wildman–Crippen LogP) is 8.11. The van der Waals surface area contributed by atoms with E-state index in [1.807, 2.05) is 31.2 Å². The van der Waals surface area contributed by atoms with Crippen molar-refractivity contribution in [1.82, 2.24) is 25.5 Å². The van der Waals surface area contributed by atoms with Crippen LogP contribution in [0.15, 0.2) is 84.5 Å². The first-order valence-electron chi connectivity index (χ1n) is 23.3. The number of aromatic nitrogens is 2. The highest BCUT2D eigenvalue weighted by Gasteiger charge is 2.52. The average Bonchev–Trinajstić information content (AvgIpc) is 4.01. The van der Waals surface area contributed by atoms with Crippen LogP contribution in [0.4, 0.5) is 28.9 Å². The molecule has 0 radical (unpaired) electrons. The van der Waals surface area contributed by atoms with Gasteiger partial charge in [0.1, 0.15) is 35.5 Å². The zero-order valence-electron chi connectivity index (χ0n) is 40.9. The zero-order valence-corrected chi connectivity index (χ0v) is 42.5. The summed E-state index contributed by atoms with van der Waals surface area (Å²) < 4.78 is 68.3. The molecule has 15 nitrogen and oxygen atoms in total. The second-order valence-corrected chi connectivity index (χ2v) is 20.4. The van der Waals surface area contributed by atoms with Crippen molar-refractivity contribution in [2.45, 2.75) is 97.3 Å². The molecule has 2 aromatic heterocycles. The molecular formula is C52H54F4N8O7S2. The average molecular weight is 1040 g/mol. The van der Waals surface area contributed by atoms with Crippen molar-refractivity contribution in [3.63, 3.8) is 0 Å². The van der Waals surface area contributed by atoms with E-state index in [9.17, 15) is 42.7 Å². The van der Waals surface area contributed by atoms with Crippen LogP contribution in [-0.4, -0.2) is 98.8 Å². The molecule has 2 aliphatic heterocycles. The SMILES string of the molecule is Cc1ncsc1-c1ccc(CNC(=O)[C@@H]2C[C@H](O)CN2C(=O)[C@@H](NC(=O)COCCCCOc2ccc(-c3ccc(N4C(=S)N(c5ccc(C#N)c(C(F)(F)F)c5F)C(=O)C4(C)C)cn3)cc2)C(C)(C)C)cc1. The maximum atomic E-state index is 15.4. The molecule has 2 saturated heterocycles. The number of anilines is 2. The molecule has 0 spiro atoms. The van der Waals surface area contributed by atoms with E-state index in [0.717, 1.165) is 39.4 Å². The summed E-state index contributed by atoms with van der Waals surface area (Å²) in [6, 6.07) is 19.4. The van der Waals surface area contributed by atoms with Crippen LogP contribution in [0.1, 0.15) is 76.3 Å². The number of pyridine rings is 1. The third-order valence-corrected chi connectivity index (χ3v) is 13.8. The third kappa shape index (κ3) is 12.0. The number of aliphatic hydroxyl groups excluding tert-OH is 1. The Balaban J connectivity index is 0.847. The Morgan fingerprint density at radius 1 is 0.986 bits per heavy atom. The molecule has 0 bridgehead atoms. The second-order valence-electron chi connectivity index (χ2n) is 19.2. The number of halogens is 4. The largest absolute Gasteiger partial charge is 0.494 e. The zero-order chi connectivity index (χ0) is 53.0. The van der Waals surface area contributed by atoms with Gasteiger partial charge in [-0.15, -0.1) is 11.3 Å². The lowest BCUT2D eigenvalue weighted by Crippen LogP contribution is -2.58. The lowest BCUT2D eigenvalue weighted by Gasteiger charge is -2.35. The Morgan fingerprint density at radius 2 is 1.67 bits per heavy atom. The number of carbonyl (C=O) groups is 4. The molecule has 4 heterocycles. The van der Waals surface area contributed by atoms with Crippen molar-refractivity contribution in [2.24, 2.45) is 5.41 Å². The third-order valence-electron chi connectivity index (χ3n) is 12.5. The molecular weight excluding hydrogens is 989 g/mol. The smallest absolute Gasteiger partial charge is 0.420 e. The number of likely N-dealkylation sites (tertiary alicyclic amines) is 1. The van der Waals surface area contributed by atoms with Crippen molar-refractivity contribution >= 4 is 63.7 Å². The Bertz CT molecular complexity index is 2900. The van der Waals surface area contributed by atoms with Gasteiger partial charge in [0.2, 0.25) is 17.7 Å². The molecule has 3 N–H and O–H groups in total. The van der Waals surface area contributed by atoms with Crippen LogP contribution in [0.3, 0.4) is 0 Å². The molecule has 21 heteroatoms. The van der Waals surface area contributed by atoms with Crippen LogP contribution < -0.4 is 25.2 Å². The number of rotatable bonds is 17. The molecule has 73 heavy (non-hydrogen) atoms. The molecule has 3 aromatic carbocycles. The molecule has 2 aliphatic rings. The lowest BCUT2D eigenvalue weighted by atomic mass is 9.85. The maximum Gasteiger partial charge on any atom is 0.420 e. The van der Waals surface area contributed by atoms with E-state index < -0.39 is 81.6 Å². The van der Waals surface area contributed by atoms with E-state index in [1.54, 1.807) is 74.0 Å². The highest BCUT2D eigenvalue weighted by molar-refractivity contribution is 7.81. The number of amides is 4. The van der Waals surface area contributed by atoms with Crippen molar-refractivity contribution in [3.05, 3.63) is 113 Å². The molecule has 4 amide bonds. The summed E-state index contributed by atoms with van der Waals surface area (Å²) in [7, 11) is 0. The van der Waals surface area contributed by atoms with Crippen molar-refractivity contribution in [1.29, 1.82) is 5.26 Å². The molecule has 384 valence electrons. The topological polar surface area (TPSA) is 190 Å². The quantitative estimate of drug-likeness (QED) is 0.0462. The number of aliphatic hydroxyl groups is 1. The summed E-state index contributed by atoms with van der Waals surface area (Å²) in [6.07, 6.45) is -3.42. The van der Waals surface area contributed by atoms with Gasteiger partial charge in [-0.05, 0) is 111 Å². The van der Waals surface area contributed by atoms with Gasteiger partial charge in [-0.25, -0.2) is 9.37 Å². The van der Waals surface area contributed by atoms with E-state index in [1.165, 1.54) is 35.9 Å². The first-order valence-corrected chi connectivity index (χ1v) is 24.6. The molecule has 7 rings (SSSR count). The normalized spacial score (nSPS) is 17.2. The standard InChI is InChI=1S/C52H54F4N8O7S2/c1-30-44(73-29-60-30)33-11-9-31(10-12-33)25-59-46(67)40-23-36(65)27-62(40)47(68)45(50(2,3)4)61-41(66)28-70-21-7-8-22-71-37-17-13-32(14-18-37)38-19-16-35(26-58-38)64-49(72)63(48(69)51(64,5)6)39-20-15-34(24-57)42(43(39)53)52(54,55)56/h9-20,26,29,36,40,45,65H,7-8,21-23,25,27-28H2,1-6H3,(H,59,67)(H,61,66)/t36-,40-,45+/m0/s1. The maximum absolute atomic E-state index is 15.4. The lowest BCUT2D eigenvalue weighted by molar-refractivity contribution is -0.144. The van der Waals surface area contributed by atoms with Crippen LogP contribution in [0, 0.1) is 29.5 Å². The van der Waals surface area contributed by atoms with Gasteiger partial charge >= 0.3 is 6.18 Å². The summed E-state index contributed by atoms with van der Waals surface area (Å²) >= 11 is 7.09. The number of unbranched alkanes of at least 4 members (excludes halogenated alkanes) is 1. The van der Waals surface area contributed by atoms with Crippen LogP contribution in [-0.2, 0) is 36.6 Å². The van der Waals surface area contributed by atoms with Gasteiger partial charge in [0, 0.05) is 31.7 Å². The number of nitriles is 1. The number of aryl methyl sites for hydroxylation is 1. The first kappa shape index (κ1) is 53.9. The van der Waals surface area contributed by atoms with Crippen molar-refractivity contribution in [3.8, 4) is 33.5 Å². The Hall–Kier alpha value is -6.86. The summed E-state index contributed by atoms with van der Waals surface area (Å²) in [6.45, 7) is 10.9. The van der Waals surface area contributed by atoms with Gasteiger partial charge < -0.3 is 35.0 Å². The summed E-state index contributed by atoms with van der Waals surface area (Å²) in [4.78, 5) is 67.4. The molecule has 0 aliphatic carbocycles. The number of alkyl halides is 3. The molecule has 2 fully saturated rings. The fourth-order valence-electron chi connectivity index (χ4n) is 8.60. The number of β-amino-alcohol motifs (C(OH)–C–C–N with tert-alkyl or cyclic N) is 1. The molecule has 0 saturated carbocycles. The van der Waals surface area contributed by atoms with Gasteiger partial charge in [-0.2, -0.15) is 18.4 Å². The number of hydrogen-bond donors (Lipinski definition) is 3. The van der Waals surface area contributed by atoms with Crippen LogP contribution in [0.5, 0.6) is 5.75 Å². The number of thiocarbonyl (C=S) groups is 1. The van der Waals surface area contributed by atoms with E-state index in [0.29, 0.717) is 41.5 Å². The fraction of sp³-hybridized carbons (Fsp3) is 0.385. The first-order chi connectivity index (χ1) is 34.5. The number of thiazole rings is 1. The van der Waals surface area contributed by atoms with Crippen LogP contribution in [0.2, 0.25) is 0 Å². The highest BCUT2D eigenvalue weighted by Crippen LogP contribution is 2.42. The molecule has 5 aromatic rings. The summed E-state index contributed by atoms with van der Waals surface area (Å²) in [5.41, 5.74) is 0.630. The van der Waals surface area contributed by atoms with E-state index >= 15 is 4.39 Å². The monoisotopic (exact) mass is 1040 g/mol. The van der Waals surface area contributed by atoms with Gasteiger partial charge in [0.05, 0.1) is 63.7 Å². The summed E-state index contributed by atoms with van der Waals surface area (Å²) in [5.74, 6) is -3.35. The highest BCUT2D eigenvalue weighted by atomic mass is 32.1. The van der Waals surface area contributed by atoms with E-state index in [2.05, 4.69) is 20.6 Å². The van der Waals surface area contributed by atoms with Crippen molar-refractivity contribution in [2.75, 3.05) is 36.2 Å². The van der Waals surface area contributed by atoms with Gasteiger partial charge in [-0.1, -0.05) is 45.0 Å². The summed E-state index contributed by atoms with van der Waals surface area (Å²) in [5, 5.41) is 25.2. The predicted molar refractivity (Wildman–Crippen MR) is 270 cm³/mol. The number of nitrogens with one attached hydrogen (secondary N) is 2. The second kappa shape index (κ2) is 22.1. The van der Waals surface area contributed by atoms with Crippen molar-refractivity contribution < 1.29 is 51.3 Å². The van der Waals surface area contributed by atoms with Gasteiger partial charge in [-0.3, -0.25) is 29.1 Å². The Kier molecular flexibility index (Phi) is 16.3. The number of benzene rings is 3. The Labute approximate surface area is 429 Å².